The molecule has 106 valence electrons. The molecule has 2 aromatic carbocycles. The Morgan fingerprint density at radius 3 is 2.30 bits per heavy atom. The molecule has 7 heteroatoms. The lowest BCUT2D eigenvalue weighted by Gasteiger charge is -2.10. The van der Waals surface area contributed by atoms with Gasteiger partial charge in [0.25, 0.3) is 0 Å². The Labute approximate surface area is 127 Å². The quantitative estimate of drug-likeness (QED) is 0.842. The first-order valence-corrected chi connectivity index (χ1v) is 8.06. The smallest absolute Gasteiger partial charge is 0.236 e. The molecule has 4 nitrogen and oxygen atoms in total. The van der Waals surface area contributed by atoms with Crippen LogP contribution in [0.5, 0.6) is 0 Å². The summed E-state index contributed by atoms with van der Waals surface area (Å²) in [6.45, 7) is 0. The van der Waals surface area contributed by atoms with Gasteiger partial charge < -0.3 is 5.73 Å². The minimum atomic E-state index is -3.55. The van der Waals surface area contributed by atoms with E-state index in [1.807, 2.05) is 0 Å². The van der Waals surface area contributed by atoms with E-state index in [1.54, 1.807) is 30.3 Å². The molecule has 0 amide bonds. The van der Waals surface area contributed by atoms with Gasteiger partial charge >= 0.3 is 0 Å². The Bertz CT molecular complexity index is 716. The van der Waals surface area contributed by atoms with Gasteiger partial charge in [-0.05, 0) is 35.9 Å². The fraction of sp³-hybridized carbons (Fsp3) is 0.0769. The van der Waals surface area contributed by atoms with E-state index in [9.17, 15) is 8.42 Å². The van der Waals surface area contributed by atoms with Crippen molar-refractivity contribution in [2.75, 3.05) is 10.5 Å². The van der Waals surface area contributed by atoms with E-state index in [1.165, 1.54) is 12.1 Å². The molecule has 0 atom stereocenters. The molecule has 20 heavy (non-hydrogen) atoms. The van der Waals surface area contributed by atoms with Gasteiger partial charge in [-0.15, -0.1) is 0 Å². The fourth-order valence-corrected chi connectivity index (χ4v) is 3.34. The van der Waals surface area contributed by atoms with Crippen molar-refractivity contribution in [3.63, 3.8) is 0 Å². The van der Waals surface area contributed by atoms with E-state index in [4.69, 9.17) is 28.9 Å². The predicted octanol–water partition coefficient (Wildman–Crippen LogP) is 3.52. The molecular weight excluding hydrogens is 319 g/mol. The summed E-state index contributed by atoms with van der Waals surface area (Å²) in [4.78, 5) is 0. The summed E-state index contributed by atoms with van der Waals surface area (Å²) >= 11 is 11.7. The maximum absolute atomic E-state index is 12.1. The maximum atomic E-state index is 12.1. The van der Waals surface area contributed by atoms with Crippen molar-refractivity contribution in [1.82, 2.24) is 0 Å². The third kappa shape index (κ3) is 4.03. The highest BCUT2D eigenvalue weighted by Crippen LogP contribution is 2.26. The van der Waals surface area contributed by atoms with E-state index in [0.717, 1.165) is 0 Å². The van der Waals surface area contributed by atoms with Crippen molar-refractivity contribution in [3.05, 3.63) is 58.1 Å². The molecule has 3 N–H and O–H groups in total. The number of nitrogen functional groups attached to an aromatic ring is 1. The van der Waals surface area contributed by atoms with Crippen molar-refractivity contribution in [2.45, 2.75) is 5.75 Å². The molecule has 0 saturated carbocycles. The number of nitrogens with one attached hydrogen (secondary N) is 1. The van der Waals surface area contributed by atoms with Crippen LogP contribution in [-0.4, -0.2) is 8.42 Å². The molecule has 0 aliphatic rings. The summed E-state index contributed by atoms with van der Waals surface area (Å²) in [6, 6.07) is 11.2. The van der Waals surface area contributed by atoms with Crippen LogP contribution in [0.3, 0.4) is 0 Å². The van der Waals surface area contributed by atoms with Crippen molar-refractivity contribution in [2.24, 2.45) is 0 Å². The molecule has 0 saturated heterocycles. The Kier molecular flexibility index (Phi) is 4.42. The van der Waals surface area contributed by atoms with E-state index >= 15 is 0 Å². The molecule has 0 radical (unpaired) electrons. The second-order valence-corrected chi connectivity index (χ2v) is 6.79. The van der Waals surface area contributed by atoms with Gasteiger partial charge in [0.05, 0.1) is 16.5 Å². The van der Waals surface area contributed by atoms with Crippen LogP contribution in [0.15, 0.2) is 42.5 Å². The largest absolute Gasteiger partial charge is 0.399 e. The lowest BCUT2D eigenvalue weighted by molar-refractivity contribution is 0.600. The van der Waals surface area contributed by atoms with Crippen LogP contribution in [0.25, 0.3) is 0 Å². The van der Waals surface area contributed by atoms with Crippen LogP contribution in [0.1, 0.15) is 5.56 Å². The van der Waals surface area contributed by atoms with Gasteiger partial charge in [0.15, 0.2) is 0 Å². The highest BCUT2D eigenvalue weighted by molar-refractivity contribution is 7.91. The van der Waals surface area contributed by atoms with Gasteiger partial charge in [0, 0.05) is 10.7 Å². The summed E-state index contributed by atoms with van der Waals surface area (Å²) in [5.74, 6) is -0.160. The summed E-state index contributed by atoms with van der Waals surface area (Å²) in [5.41, 5.74) is 7.07. The highest BCUT2D eigenvalue weighted by Gasteiger charge is 2.13. The number of halogens is 2. The molecule has 0 heterocycles. The molecule has 0 aliphatic heterocycles. The van der Waals surface area contributed by atoms with Crippen molar-refractivity contribution in [1.29, 1.82) is 0 Å². The number of rotatable bonds is 4. The van der Waals surface area contributed by atoms with Crippen LogP contribution in [-0.2, 0) is 15.8 Å². The van der Waals surface area contributed by atoms with Gasteiger partial charge in [-0.2, -0.15) is 0 Å². The molecule has 0 spiro atoms. The molecule has 0 aliphatic carbocycles. The fourth-order valence-electron chi connectivity index (χ4n) is 1.61. The topological polar surface area (TPSA) is 72.2 Å². The van der Waals surface area contributed by atoms with Crippen LogP contribution in [0.4, 0.5) is 11.4 Å². The first-order chi connectivity index (χ1) is 9.35. The van der Waals surface area contributed by atoms with Gasteiger partial charge in [-0.3, -0.25) is 4.72 Å². The number of hydrogen-bond donors (Lipinski definition) is 2. The maximum Gasteiger partial charge on any atom is 0.236 e. The zero-order valence-electron chi connectivity index (χ0n) is 10.3. The van der Waals surface area contributed by atoms with Crippen molar-refractivity contribution in [3.8, 4) is 0 Å². The molecule has 2 aromatic rings. The van der Waals surface area contributed by atoms with Gasteiger partial charge in [0.2, 0.25) is 10.0 Å². The number of benzene rings is 2. The zero-order valence-corrected chi connectivity index (χ0v) is 12.6. The summed E-state index contributed by atoms with van der Waals surface area (Å²) in [5, 5.41) is 0.690. The Morgan fingerprint density at radius 1 is 1.05 bits per heavy atom. The minimum Gasteiger partial charge on any atom is -0.399 e. The molecular formula is C13H12Cl2N2O2S. The highest BCUT2D eigenvalue weighted by atomic mass is 35.5. The lowest BCUT2D eigenvalue weighted by Crippen LogP contribution is -2.15. The lowest BCUT2D eigenvalue weighted by atomic mass is 10.2. The van der Waals surface area contributed by atoms with Crippen LogP contribution in [0.2, 0.25) is 10.0 Å². The number of anilines is 2. The monoisotopic (exact) mass is 330 g/mol. The Hall–Kier alpha value is -1.43. The first-order valence-electron chi connectivity index (χ1n) is 5.66. The summed E-state index contributed by atoms with van der Waals surface area (Å²) in [6.07, 6.45) is 0. The molecule has 0 fully saturated rings. The number of nitrogens with two attached hydrogens (primary N) is 1. The van der Waals surface area contributed by atoms with E-state index < -0.39 is 10.0 Å². The van der Waals surface area contributed by atoms with E-state index in [2.05, 4.69) is 4.72 Å². The zero-order chi connectivity index (χ0) is 14.8. The third-order valence-electron chi connectivity index (χ3n) is 2.53. The summed E-state index contributed by atoms with van der Waals surface area (Å²) in [7, 11) is -3.55. The molecule has 0 bridgehead atoms. The molecule has 0 unspecified atom stereocenters. The Morgan fingerprint density at radius 2 is 1.70 bits per heavy atom. The predicted molar refractivity (Wildman–Crippen MR) is 83.6 cm³/mol. The number of sulfonamides is 1. The average Bonchev–Trinajstić information content (AvgIpc) is 2.35. The summed E-state index contributed by atoms with van der Waals surface area (Å²) < 4.78 is 26.5. The van der Waals surface area contributed by atoms with Crippen molar-refractivity contribution < 1.29 is 8.42 Å². The van der Waals surface area contributed by atoms with Crippen LogP contribution < -0.4 is 10.5 Å². The van der Waals surface area contributed by atoms with Gasteiger partial charge in [-0.1, -0.05) is 35.3 Å². The molecule has 0 aromatic heterocycles. The second kappa shape index (κ2) is 5.91. The third-order valence-corrected chi connectivity index (χ3v) is 4.33. The standard InChI is InChI=1S/C13H12Cl2N2O2S/c14-10-3-6-13(12(15)7-10)17-20(18,19)8-9-1-4-11(16)5-2-9/h1-7,17H,8,16H2. The van der Waals surface area contributed by atoms with Crippen LogP contribution in [0, 0.1) is 0 Å². The van der Waals surface area contributed by atoms with Crippen LogP contribution >= 0.6 is 23.2 Å². The normalized spacial score (nSPS) is 11.3. The first kappa shape index (κ1) is 15.0. The average molecular weight is 331 g/mol. The van der Waals surface area contributed by atoms with Gasteiger partial charge in [-0.25, -0.2) is 8.42 Å². The van der Waals surface area contributed by atoms with E-state index in [0.29, 0.717) is 22.0 Å². The minimum absolute atomic E-state index is 0.160. The second-order valence-electron chi connectivity index (χ2n) is 4.23. The number of hydrogen-bond acceptors (Lipinski definition) is 3. The Balaban J connectivity index is 2.17. The molecule has 2 rings (SSSR count). The van der Waals surface area contributed by atoms with Crippen molar-refractivity contribution >= 4 is 44.6 Å². The SMILES string of the molecule is Nc1ccc(CS(=O)(=O)Nc2ccc(Cl)cc2Cl)cc1. The van der Waals surface area contributed by atoms with Gasteiger partial charge in [0.1, 0.15) is 0 Å². The van der Waals surface area contributed by atoms with E-state index in [-0.39, 0.29) is 10.8 Å².